The SMILES string of the molecule is Cl.Cl.NCC(=O)NCC(=O)N1CCN(CCOc2ccccc2Cl)CC1. The summed E-state index contributed by atoms with van der Waals surface area (Å²) < 4.78 is 5.68. The number of nitrogens with two attached hydrogens (primary N) is 1. The average molecular weight is 428 g/mol. The molecular weight excluding hydrogens is 403 g/mol. The maximum absolute atomic E-state index is 12.0. The van der Waals surface area contributed by atoms with Crippen molar-refractivity contribution in [3.63, 3.8) is 0 Å². The lowest BCUT2D eigenvalue weighted by molar-refractivity contribution is -0.134. The van der Waals surface area contributed by atoms with Crippen LogP contribution in [0.5, 0.6) is 5.75 Å². The van der Waals surface area contributed by atoms with Crippen LogP contribution in [0.3, 0.4) is 0 Å². The molecule has 0 aromatic heterocycles. The van der Waals surface area contributed by atoms with Crippen molar-refractivity contribution < 1.29 is 14.3 Å². The van der Waals surface area contributed by atoms with Gasteiger partial charge in [-0.15, -0.1) is 24.8 Å². The summed E-state index contributed by atoms with van der Waals surface area (Å²) >= 11 is 6.04. The van der Waals surface area contributed by atoms with Gasteiger partial charge in [0, 0.05) is 32.7 Å². The Bertz CT molecular complexity index is 569. The number of hydrogen-bond donors (Lipinski definition) is 2. The number of halogens is 3. The van der Waals surface area contributed by atoms with Crippen molar-refractivity contribution in [2.24, 2.45) is 5.73 Å². The third-order valence-electron chi connectivity index (χ3n) is 3.85. The van der Waals surface area contributed by atoms with E-state index in [0.29, 0.717) is 30.5 Å². The minimum atomic E-state index is -0.321. The molecule has 1 heterocycles. The molecule has 148 valence electrons. The standard InChI is InChI=1S/C16H23ClN4O3.2ClH/c17-13-3-1-2-4-14(13)24-10-9-20-5-7-21(8-6-20)16(23)12-19-15(22)11-18;;/h1-4H,5-12,18H2,(H,19,22);2*1H. The number of nitrogens with one attached hydrogen (secondary N) is 1. The Kier molecular flexibility index (Phi) is 12.4. The smallest absolute Gasteiger partial charge is 0.242 e. The van der Waals surface area contributed by atoms with Crippen LogP contribution >= 0.6 is 36.4 Å². The zero-order valence-electron chi connectivity index (χ0n) is 14.4. The minimum Gasteiger partial charge on any atom is -0.491 e. The largest absolute Gasteiger partial charge is 0.491 e. The van der Waals surface area contributed by atoms with E-state index in [9.17, 15) is 9.59 Å². The van der Waals surface area contributed by atoms with E-state index in [4.69, 9.17) is 22.1 Å². The highest BCUT2D eigenvalue weighted by atomic mass is 35.5. The van der Waals surface area contributed by atoms with Crippen molar-refractivity contribution in [1.29, 1.82) is 0 Å². The number of carbonyl (C=O) groups is 2. The predicted octanol–water partition coefficient (Wildman–Crippen LogP) is 0.782. The monoisotopic (exact) mass is 426 g/mol. The molecule has 1 aliphatic rings. The van der Waals surface area contributed by atoms with Crippen molar-refractivity contribution in [3.05, 3.63) is 29.3 Å². The van der Waals surface area contributed by atoms with Crippen molar-refractivity contribution in [3.8, 4) is 5.75 Å². The molecular formula is C16H25Cl3N4O3. The maximum atomic E-state index is 12.0. The van der Waals surface area contributed by atoms with Gasteiger partial charge in [-0.05, 0) is 12.1 Å². The molecule has 0 unspecified atom stereocenters. The van der Waals surface area contributed by atoms with Crippen LogP contribution in [-0.4, -0.2) is 74.0 Å². The van der Waals surface area contributed by atoms with Crippen LogP contribution in [0.4, 0.5) is 0 Å². The van der Waals surface area contributed by atoms with Crippen LogP contribution in [0.2, 0.25) is 5.02 Å². The van der Waals surface area contributed by atoms with Gasteiger partial charge in [0.1, 0.15) is 12.4 Å². The Morgan fingerprint density at radius 1 is 1.15 bits per heavy atom. The van der Waals surface area contributed by atoms with E-state index in [1.54, 1.807) is 11.0 Å². The van der Waals surface area contributed by atoms with Gasteiger partial charge in [0.2, 0.25) is 11.8 Å². The van der Waals surface area contributed by atoms with Crippen molar-refractivity contribution in [1.82, 2.24) is 15.1 Å². The highest BCUT2D eigenvalue weighted by molar-refractivity contribution is 6.32. The summed E-state index contributed by atoms with van der Waals surface area (Å²) in [6, 6.07) is 7.38. The fourth-order valence-electron chi connectivity index (χ4n) is 2.43. The Morgan fingerprint density at radius 3 is 2.42 bits per heavy atom. The van der Waals surface area contributed by atoms with Crippen LogP contribution < -0.4 is 15.8 Å². The highest BCUT2D eigenvalue weighted by Gasteiger charge is 2.21. The van der Waals surface area contributed by atoms with Gasteiger partial charge in [0.05, 0.1) is 18.1 Å². The number of piperazine rings is 1. The maximum Gasteiger partial charge on any atom is 0.242 e. The summed E-state index contributed by atoms with van der Waals surface area (Å²) in [4.78, 5) is 27.0. The van der Waals surface area contributed by atoms with Gasteiger partial charge in [-0.3, -0.25) is 14.5 Å². The van der Waals surface area contributed by atoms with Crippen molar-refractivity contribution in [2.45, 2.75) is 0 Å². The van der Waals surface area contributed by atoms with Crippen LogP contribution in [0.15, 0.2) is 24.3 Å². The lowest BCUT2D eigenvalue weighted by atomic mass is 10.3. The van der Waals surface area contributed by atoms with Crippen LogP contribution in [0.1, 0.15) is 0 Å². The zero-order chi connectivity index (χ0) is 17.4. The van der Waals surface area contributed by atoms with Crippen molar-refractivity contribution >= 4 is 48.2 Å². The molecule has 0 saturated carbocycles. The first-order chi connectivity index (χ1) is 11.6. The van der Waals surface area contributed by atoms with E-state index in [-0.39, 0.29) is 49.7 Å². The van der Waals surface area contributed by atoms with Crippen LogP contribution in [-0.2, 0) is 9.59 Å². The van der Waals surface area contributed by atoms with E-state index in [1.807, 2.05) is 18.2 Å². The quantitative estimate of drug-likeness (QED) is 0.671. The molecule has 7 nitrogen and oxygen atoms in total. The molecule has 3 N–H and O–H groups in total. The number of nitrogens with zero attached hydrogens (tertiary/aromatic N) is 2. The Morgan fingerprint density at radius 2 is 1.81 bits per heavy atom. The number of para-hydroxylation sites is 1. The first kappa shape index (κ1) is 24.8. The molecule has 0 atom stereocenters. The van der Waals surface area contributed by atoms with E-state index < -0.39 is 0 Å². The van der Waals surface area contributed by atoms with Gasteiger partial charge >= 0.3 is 0 Å². The zero-order valence-corrected chi connectivity index (χ0v) is 16.7. The number of ether oxygens (including phenoxy) is 1. The van der Waals surface area contributed by atoms with Crippen molar-refractivity contribution in [2.75, 3.05) is 52.4 Å². The van der Waals surface area contributed by atoms with E-state index in [2.05, 4.69) is 10.2 Å². The summed E-state index contributed by atoms with van der Waals surface area (Å²) in [6.07, 6.45) is 0. The summed E-state index contributed by atoms with van der Waals surface area (Å²) in [5.41, 5.74) is 5.19. The molecule has 1 aliphatic heterocycles. The molecule has 10 heteroatoms. The molecule has 1 aromatic carbocycles. The second-order valence-corrected chi connectivity index (χ2v) is 5.89. The number of benzene rings is 1. The van der Waals surface area contributed by atoms with Gasteiger partial charge in [0.15, 0.2) is 0 Å². The fourth-order valence-corrected chi connectivity index (χ4v) is 2.62. The minimum absolute atomic E-state index is 0. The second kappa shape index (κ2) is 13.0. The number of hydrogen-bond acceptors (Lipinski definition) is 5. The average Bonchev–Trinajstić information content (AvgIpc) is 2.61. The van der Waals surface area contributed by atoms with E-state index in [1.165, 1.54) is 0 Å². The second-order valence-electron chi connectivity index (χ2n) is 5.48. The molecule has 1 aromatic rings. The molecule has 0 aliphatic carbocycles. The molecule has 0 radical (unpaired) electrons. The molecule has 0 bridgehead atoms. The lowest BCUT2D eigenvalue weighted by Crippen LogP contribution is -2.52. The molecule has 2 amide bonds. The lowest BCUT2D eigenvalue weighted by Gasteiger charge is -2.34. The van der Waals surface area contributed by atoms with E-state index >= 15 is 0 Å². The highest BCUT2D eigenvalue weighted by Crippen LogP contribution is 2.22. The van der Waals surface area contributed by atoms with Gasteiger partial charge in [-0.25, -0.2) is 0 Å². The first-order valence-electron chi connectivity index (χ1n) is 7.94. The third-order valence-corrected chi connectivity index (χ3v) is 4.16. The summed E-state index contributed by atoms with van der Waals surface area (Å²) in [6.45, 7) is 4.07. The normalized spacial score (nSPS) is 14.0. The molecule has 0 spiro atoms. The number of amides is 2. The van der Waals surface area contributed by atoms with Crippen LogP contribution in [0, 0.1) is 0 Å². The third kappa shape index (κ3) is 7.97. The fraction of sp³-hybridized carbons (Fsp3) is 0.500. The summed E-state index contributed by atoms with van der Waals surface area (Å²) in [5, 5.41) is 3.10. The van der Waals surface area contributed by atoms with Crippen LogP contribution in [0.25, 0.3) is 0 Å². The number of carbonyl (C=O) groups excluding carboxylic acids is 2. The summed E-state index contributed by atoms with van der Waals surface area (Å²) in [5.74, 6) is 0.283. The Labute approximate surface area is 171 Å². The molecule has 1 saturated heterocycles. The number of rotatable bonds is 7. The molecule has 2 rings (SSSR count). The van der Waals surface area contributed by atoms with Gasteiger partial charge < -0.3 is 20.7 Å². The summed E-state index contributed by atoms with van der Waals surface area (Å²) in [7, 11) is 0. The van der Waals surface area contributed by atoms with E-state index in [0.717, 1.165) is 19.6 Å². The molecule has 1 fully saturated rings. The predicted molar refractivity (Wildman–Crippen MR) is 107 cm³/mol. The first-order valence-corrected chi connectivity index (χ1v) is 8.32. The van der Waals surface area contributed by atoms with Gasteiger partial charge in [-0.2, -0.15) is 0 Å². The Balaban J connectivity index is 0.00000312. The molecule has 26 heavy (non-hydrogen) atoms. The topological polar surface area (TPSA) is 87.9 Å². The van der Waals surface area contributed by atoms with Gasteiger partial charge in [0.25, 0.3) is 0 Å². The Hall–Kier alpha value is -1.25. The van der Waals surface area contributed by atoms with Gasteiger partial charge in [-0.1, -0.05) is 23.7 Å².